The Bertz CT molecular complexity index is 3580. The summed E-state index contributed by atoms with van der Waals surface area (Å²) in [4.78, 5) is 28.7. The first-order valence-corrected chi connectivity index (χ1v) is 22.6. The summed E-state index contributed by atoms with van der Waals surface area (Å²) >= 11 is 0. The van der Waals surface area contributed by atoms with Crippen molar-refractivity contribution in [2.24, 2.45) is 9.98 Å². The van der Waals surface area contributed by atoms with Gasteiger partial charge in [-0.25, -0.2) is 20.0 Å². The molecule has 0 amide bonds. The number of aromatic nitrogens is 4. The second kappa shape index (κ2) is 16.4. The Morgan fingerprint density at radius 1 is 0.324 bits per heavy atom. The van der Waals surface area contributed by atoms with E-state index in [4.69, 9.17) is 20.0 Å². The molecule has 4 N–H and O–H groups in total. The number of para-hydroxylation sites is 2. The highest BCUT2D eigenvalue weighted by atomic mass is 16.3. The molecule has 9 aromatic rings. The summed E-state index contributed by atoms with van der Waals surface area (Å²) in [6, 6.07) is 56.4. The van der Waals surface area contributed by atoms with E-state index in [1.807, 2.05) is 135 Å². The van der Waals surface area contributed by atoms with Crippen molar-refractivity contribution >= 4 is 69.5 Å². The van der Waals surface area contributed by atoms with Crippen molar-refractivity contribution < 1.29 is 10.2 Å². The minimum atomic E-state index is -0.127. The molecule has 0 unspecified atom stereocenters. The van der Waals surface area contributed by atoms with Crippen LogP contribution in [0.2, 0.25) is 0 Å². The maximum absolute atomic E-state index is 12.1. The summed E-state index contributed by atoms with van der Waals surface area (Å²) in [6.45, 7) is 3.98. The summed E-state index contributed by atoms with van der Waals surface area (Å²) in [5.74, 6) is -0.253. The first-order chi connectivity index (χ1) is 33.4. The number of nitrogens with one attached hydrogen (secondary N) is 2. The Balaban J connectivity index is 1.30. The molecule has 0 fully saturated rings. The second-order valence-electron chi connectivity index (χ2n) is 17.1. The molecule has 13 rings (SSSR count). The fraction of sp³-hybridized carbons (Fsp3) is 0.0333. The van der Waals surface area contributed by atoms with E-state index in [9.17, 15) is 10.2 Å². The van der Waals surface area contributed by atoms with Crippen LogP contribution in [-0.4, -0.2) is 41.9 Å². The van der Waals surface area contributed by atoms with Gasteiger partial charge in [0.05, 0.1) is 34.2 Å². The quantitative estimate of drug-likeness (QED) is 0.138. The number of hydrogen-bond donors (Lipinski definition) is 4. The molecule has 0 radical (unpaired) electrons. The SMILES string of the molecule is Cc1c2cccc1-c1cccc(c1C)C(O)=Nc1ccccc1-c1c3nc(c(-c4ccccc4)c4ccc([nH]4)c(c4nc(c(-c5ccccc5)c5ccc1[nH]5)C=C4)-c1ccccc1N=C2O)C=C3. The minimum absolute atomic E-state index is 0.127. The molecule has 7 heterocycles. The molecular weight excluding hydrogens is 837 g/mol. The monoisotopic (exact) mass is 878 g/mol. The standard InChI is InChI=1S/C60H42N6O2/c1-35-39-21-13-23-41(35)59(67)65-45-25-11-9-19-43(45)57-51-31-27-47(61-51)55(37-15-5-3-6-16-37)49-29-33-53(63-49)58(44-20-10-12-26-46(44)66-60(68)42-24-14-22-40(39)36(42)2)54-34-30-50(64-54)56(38-17-7-4-8-18-38)48-28-32-52(57)62-48/h3-34,61,64H,1-2H3,(H,65,67)(H,66,68). The van der Waals surface area contributed by atoms with Crippen LogP contribution >= 0.6 is 0 Å². The third-order valence-electron chi connectivity index (χ3n) is 13.1. The fourth-order valence-corrected chi connectivity index (χ4v) is 9.84. The Kier molecular flexibility index (Phi) is 9.73. The van der Waals surface area contributed by atoms with Crippen LogP contribution in [0.3, 0.4) is 0 Å². The van der Waals surface area contributed by atoms with Crippen LogP contribution in [0.4, 0.5) is 11.4 Å². The predicted molar refractivity (Wildman–Crippen MR) is 280 cm³/mol. The van der Waals surface area contributed by atoms with Gasteiger partial charge in [-0.1, -0.05) is 121 Å². The highest BCUT2D eigenvalue weighted by molar-refractivity contribution is 6.05. The van der Waals surface area contributed by atoms with E-state index in [1.165, 1.54) is 0 Å². The maximum Gasteiger partial charge on any atom is 0.219 e. The van der Waals surface area contributed by atoms with Crippen LogP contribution in [0.25, 0.3) is 102 Å². The van der Waals surface area contributed by atoms with Crippen LogP contribution in [-0.2, 0) is 0 Å². The van der Waals surface area contributed by atoms with Crippen molar-refractivity contribution in [3.05, 3.63) is 215 Å². The van der Waals surface area contributed by atoms with Gasteiger partial charge in [0, 0.05) is 66.6 Å². The van der Waals surface area contributed by atoms with E-state index in [1.54, 1.807) is 0 Å². The average Bonchev–Trinajstić information content (AvgIpc) is 4.22. The molecule has 8 heteroatoms. The van der Waals surface area contributed by atoms with Crippen molar-refractivity contribution in [3.63, 3.8) is 0 Å². The van der Waals surface area contributed by atoms with Gasteiger partial charge in [0.15, 0.2) is 0 Å². The van der Waals surface area contributed by atoms with E-state index in [0.717, 1.165) is 112 Å². The number of hydrogen-bond acceptors (Lipinski definition) is 4. The number of H-pyrrole nitrogens is 2. The minimum Gasteiger partial charge on any atom is -0.493 e. The van der Waals surface area contributed by atoms with Crippen molar-refractivity contribution in [2.75, 3.05) is 0 Å². The predicted octanol–water partition coefficient (Wildman–Crippen LogP) is 15.2. The van der Waals surface area contributed by atoms with Crippen LogP contribution in [0.5, 0.6) is 0 Å². The molecule has 0 saturated carbocycles. The zero-order valence-corrected chi connectivity index (χ0v) is 37.2. The molecule has 324 valence electrons. The van der Waals surface area contributed by atoms with Crippen LogP contribution in [0.1, 0.15) is 45.0 Å². The van der Waals surface area contributed by atoms with Crippen molar-refractivity contribution in [1.29, 1.82) is 0 Å². The van der Waals surface area contributed by atoms with Gasteiger partial charge in [0.2, 0.25) is 11.8 Å². The fourth-order valence-electron chi connectivity index (χ4n) is 9.84. The molecule has 0 spiro atoms. The summed E-state index contributed by atoms with van der Waals surface area (Å²) in [7, 11) is 0. The zero-order valence-electron chi connectivity index (χ0n) is 37.2. The molecule has 6 aromatic carbocycles. The molecule has 8 nitrogen and oxygen atoms in total. The number of nitrogens with zero attached hydrogens (tertiary/aromatic N) is 4. The van der Waals surface area contributed by atoms with E-state index in [-0.39, 0.29) is 11.8 Å². The Morgan fingerprint density at radius 2 is 0.647 bits per heavy atom. The van der Waals surface area contributed by atoms with Crippen molar-refractivity contribution in [3.8, 4) is 55.6 Å². The lowest BCUT2D eigenvalue weighted by Crippen LogP contribution is -2.05. The topological polar surface area (TPSA) is 123 Å². The van der Waals surface area contributed by atoms with Crippen LogP contribution < -0.4 is 0 Å². The molecule has 68 heavy (non-hydrogen) atoms. The Labute approximate surface area is 392 Å². The van der Waals surface area contributed by atoms with Gasteiger partial charge in [0.25, 0.3) is 0 Å². The molecule has 3 aromatic heterocycles. The van der Waals surface area contributed by atoms with E-state index in [2.05, 4.69) is 82.8 Å². The normalized spacial score (nSPS) is 12.7. The molecule has 4 aliphatic heterocycles. The summed E-state index contributed by atoms with van der Waals surface area (Å²) in [5, 5.41) is 24.3. The zero-order chi connectivity index (χ0) is 45.9. The second-order valence-corrected chi connectivity index (χ2v) is 17.1. The molecular formula is C60H42N6O2. The lowest BCUT2D eigenvalue weighted by atomic mass is 9.91. The highest BCUT2D eigenvalue weighted by Crippen LogP contribution is 2.42. The van der Waals surface area contributed by atoms with Gasteiger partial charge >= 0.3 is 0 Å². The number of aliphatic hydroxyl groups excluding tert-OH is 2. The van der Waals surface area contributed by atoms with Crippen molar-refractivity contribution in [1.82, 2.24) is 19.9 Å². The summed E-state index contributed by atoms with van der Waals surface area (Å²) < 4.78 is 0. The van der Waals surface area contributed by atoms with E-state index in [0.29, 0.717) is 22.5 Å². The third-order valence-corrected chi connectivity index (χ3v) is 13.1. The number of aliphatic hydroxyl groups is 2. The molecule has 14 bridgehead atoms. The van der Waals surface area contributed by atoms with E-state index >= 15 is 0 Å². The van der Waals surface area contributed by atoms with Gasteiger partial charge in [-0.2, -0.15) is 0 Å². The maximum atomic E-state index is 12.1. The largest absolute Gasteiger partial charge is 0.493 e. The Morgan fingerprint density at radius 3 is 1.06 bits per heavy atom. The molecule has 4 aliphatic rings. The van der Waals surface area contributed by atoms with Crippen LogP contribution in [0.15, 0.2) is 180 Å². The Hall–Kier alpha value is -9.14. The van der Waals surface area contributed by atoms with Gasteiger partial charge in [-0.05, 0) is 120 Å². The summed E-state index contributed by atoms with van der Waals surface area (Å²) in [6.07, 6.45) is 8.25. The third kappa shape index (κ3) is 6.86. The molecule has 0 atom stereocenters. The number of benzene rings is 6. The smallest absolute Gasteiger partial charge is 0.219 e. The first kappa shape index (κ1) is 40.4. The van der Waals surface area contributed by atoms with Gasteiger partial charge < -0.3 is 20.2 Å². The van der Waals surface area contributed by atoms with Gasteiger partial charge in [-0.15, -0.1) is 0 Å². The van der Waals surface area contributed by atoms with Crippen LogP contribution in [0, 0.1) is 13.8 Å². The summed E-state index contributed by atoms with van der Waals surface area (Å²) in [5.41, 5.74) is 19.1. The van der Waals surface area contributed by atoms with Crippen molar-refractivity contribution in [2.45, 2.75) is 13.8 Å². The lowest BCUT2D eigenvalue weighted by Gasteiger charge is -2.15. The first-order valence-electron chi connectivity index (χ1n) is 22.6. The van der Waals surface area contributed by atoms with Gasteiger partial charge in [0.1, 0.15) is 0 Å². The molecule has 0 saturated heterocycles. The number of aromatic amines is 2. The average molecular weight is 879 g/mol. The van der Waals surface area contributed by atoms with Gasteiger partial charge in [-0.3, -0.25) is 0 Å². The number of rotatable bonds is 2. The number of aliphatic imine (C=N–C) groups is 2. The lowest BCUT2D eigenvalue weighted by molar-refractivity contribution is 0.554. The van der Waals surface area contributed by atoms with E-state index < -0.39 is 0 Å². The highest BCUT2D eigenvalue weighted by Gasteiger charge is 2.23. The molecule has 0 aliphatic carbocycles.